The standard InChI is InChI=1S/C11H16N4O/c1-8-11(6-16)9(2)15(13-8)5-10-4-12-7-14(10)3/h4,7,16H,5-6H2,1-3H3. The van der Waals surface area contributed by atoms with Gasteiger partial charge in [-0.05, 0) is 13.8 Å². The molecule has 5 heteroatoms. The highest BCUT2D eigenvalue weighted by Gasteiger charge is 2.11. The van der Waals surface area contributed by atoms with Gasteiger partial charge in [-0.3, -0.25) is 4.68 Å². The highest BCUT2D eigenvalue weighted by molar-refractivity contribution is 5.24. The predicted molar refractivity (Wildman–Crippen MR) is 59.9 cm³/mol. The van der Waals surface area contributed by atoms with Gasteiger partial charge in [0.05, 0.1) is 37.1 Å². The molecule has 0 aliphatic rings. The molecule has 0 amide bonds. The van der Waals surface area contributed by atoms with Crippen molar-refractivity contribution >= 4 is 0 Å². The average Bonchev–Trinajstić information content (AvgIpc) is 2.74. The van der Waals surface area contributed by atoms with Crippen LogP contribution in [-0.4, -0.2) is 24.4 Å². The van der Waals surface area contributed by atoms with Crippen molar-refractivity contribution in [1.82, 2.24) is 19.3 Å². The smallest absolute Gasteiger partial charge is 0.0946 e. The van der Waals surface area contributed by atoms with E-state index in [1.54, 1.807) is 6.33 Å². The molecule has 0 saturated carbocycles. The van der Waals surface area contributed by atoms with E-state index in [4.69, 9.17) is 0 Å². The number of imidazole rings is 1. The first kappa shape index (κ1) is 10.9. The van der Waals surface area contributed by atoms with Gasteiger partial charge in [0.25, 0.3) is 0 Å². The molecule has 0 bridgehead atoms. The molecule has 86 valence electrons. The molecule has 0 aliphatic heterocycles. The normalized spacial score (nSPS) is 11.0. The SMILES string of the molecule is Cc1nn(Cc2cncn2C)c(C)c1CO. The van der Waals surface area contributed by atoms with E-state index in [2.05, 4.69) is 10.1 Å². The number of aliphatic hydroxyl groups is 1. The molecule has 2 aromatic heterocycles. The molecule has 0 aliphatic carbocycles. The zero-order valence-corrected chi connectivity index (χ0v) is 9.80. The maximum atomic E-state index is 9.22. The van der Waals surface area contributed by atoms with Gasteiger partial charge in [0.2, 0.25) is 0 Å². The topological polar surface area (TPSA) is 55.9 Å². The van der Waals surface area contributed by atoms with Gasteiger partial charge in [0.15, 0.2) is 0 Å². The molecule has 5 nitrogen and oxygen atoms in total. The molecule has 0 saturated heterocycles. The van der Waals surface area contributed by atoms with Crippen LogP contribution in [0, 0.1) is 13.8 Å². The lowest BCUT2D eigenvalue weighted by atomic mass is 10.2. The molecular formula is C11H16N4O. The fourth-order valence-corrected chi connectivity index (χ4v) is 1.81. The van der Waals surface area contributed by atoms with Crippen molar-refractivity contribution in [1.29, 1.82) is 0 Å². The monoisotopic (exact) mass is 220 g/mol. The Kier molecular flexibility index (Phi) is 2.78. The Balaban J connectivity index is 2.32. The first-order valence-corrected chi connectivity index (χ1v) is 5.22. The molecule has 0 aromatic carbocycles. The van der Waals surface area contributed by atoms with Gasteiger partial charge in [0.1, 0.15) is 0 Å². The Hall–Kier alpha value is -1.62. The van der Waals surface area contributed by atoms with Gasteiger partial charge in [-0.25, -0.2) is 4.98 Å². The summed E-state index contributed by atoms with van der Waals surface area (Å²) in [4.78, 5) is 4.07. The van der Waals surface area contributed by atoms with E-state index < -0.39 is 0 Å². The first-order valence-electron chi connectivity index (χ1n) is 5.22. The van der Waals surface area contributed by atoms with E-state index in [1.807, 2.05) is 36.3 Å². The number of aryl methyl sites for hydroxylation is 2. The lowest BCUT2D eigenvalue weighted by Crippen LogP contribution is -2.07. The Bertz CT molecular complexity index is 498. The second kappa shape index (κ2) is 4.09. The highest BCUT2D eigenvalue weighted by atomic mass is 16.3. The second-order valence-electron chi connectivity index (χ2n) is 3.96. The third-order valence-corrected chi connectivity index (χ3v) is 2.92. The number of aliphatic hydroxyl groups excluding tert-OH is 1. The number of rotatable bonds is 3. The van der Waals surface area contributed by atoms with E-state index in [-0.39, 0.29) is 6.61 Å². The fourth-order valence-electron chi connectivity index (χ4n) is 1.81. The van der Waals surface area contributed by atoms with Crippen LogP contribution in [0.15, 0.2) is 12.5 Å². The number of hydrogen-bond acceptors (Lipinski definition) is 3. The number of hydrogen-bond donors (Lipinski definition) is 1. The Morgan fingerprint density at radius 3 is 2.62 bits per heavy atom. The van der Waals surface area contributed by atoms with E-state index in [0.717, 1.165) is 22.6 Å². The van der Waals surface area contributed by atoms with Crippen molar-refractivity contribution in [2.45, 2.75) is 27.0 Å². The van der Waals surface area contributed by atoms with Crippen LogP contribution in [0.1, 0.15) is 22.6 Å². The maximum absolute atomic E-state index is 9.22. The minimum atomic E-state index is 0.0447. The predicted octanol–water partition coefficient (Wildman–Crippen LogP) is 0.774. The van der Waals surface area contributed by atoms with Crippen LogP contribution < -0.4 is 0 Å². The zero-order valence-electron chi connectivity index (χ0n) is 9.80. The lowest BCUT2D eigenvalue weighted by Gasteiger charge is -2.05. The molecule has 1 N–H and O–H groups in total. The van der Waals surface area contributed by atoms with Gasteiger partial charge in [-0.1, -0.05) is 0 Å². The minimum absolute atomic E-state index is 0.0447. The summed E-state index contributed by atoms with van der Waals surface area (Å²) in [5.74, 6) is 0. The molecule has 0 atom stereocenters. The van der Waals surface area contributed by atoms with E-state index in [0.29, 0.717) is 6.54 Å². The highest BCUT2D eigenvalue weighted by Crippen LogP contribution is 2.14. The lowest BCUT2D eigenvalue weighted by molar-refractivity contribution is 0.280. The van der Waals surface area contributed by atoms with Gasteiger partial charge >= 0.3 is 0 Å². The summed E-state index contributed by atoms with van der Waals surface area (Å²) in [7, 11) is 1.96. The molecular weight excluding hydrogens is 204 g/mol. The van der Waals surface area contributed by atoms with Crippen molar-refractivity contribution in [2.75, 3.05) is 0 Å². The van der Waals surface area contributed by atoms with E-state index >= 15 is 0 Å². The molecule has 2 aromatic rings. The van der Waals surface area contributed by atoms with E-state index in [1.165, 1.54) is 0 Å². The minimum Gasteiger partial charge on any atom is -0.392 e. The molecule has 0 fully saturated rings. The van der Waals surface area contributed by atoms with Crippen molar-refractivity contribution in [3.8, 4) is 0 Å². The summed E-state index contributed by atoms with van der Waals surface area (Å²) in [6.45, 7) is 4.62. The number of nitrogens with zero attached hydrogens (tertiary/aromatic N) is 4. The molecule has 0 radical (unpaired) electrons. The van der Waals surface area contributed by atoms with Gasteiger partial charge in [0, 0.05) is 18.3 Å². The zero-order chi connectivity index (χ0) is 11.7. The molecule has 16 heavy (non-hydrogen) atoms. The summed E-state index contributed by atoms with van der Waals surface area (Å²) in [5.41, 5.74) is 3.92. The van der Waals surface area contributed by atoms with Gasteiger partial charge in [-0.15, -0.1) is 0 Å². The summed E-state index contributed by atoms with van der Waals surface area (Å²) in [5, 5.41) is 13.6. The van der Waals surface area contributed by atoms with Crippen molar-refractivity contribution in [3.63, 3.8) is 0 Å². The third-order valence-electron chi connectivity index (χ3n) is 2.92. The van der Waals surface area contributed by atoms with Crippen molar-refractivity contribution < 1.29 is 5.11 Å². The third kappa shape index (κ3) is 1.74. The summed E-state index contributed by atoms with van der Waals surface area (Å²) < 4.78 is 3.87. The van der Waals surface area contributed by atoms with Crippen molar-refractivity contribution in [2.24, 2.45) is 7.05 Å². The van der Waals surface area contributed by atoms with Crippen LogP contribution in [0.4, 0.5) is 0 Å². The summed E-state index contributed by atoms with van der Waals surface area (Å²) in [6.07, 6.45) is 3.60. The first-order chi connectivity index (χ1) is 7.63. The Labute approximate surface area is 94.4 Å². The van der Waals surface area contributed by atoms with Gasteiger partial charge in [-0.2, -0.15) is 5.10 Å². The molecule has 0 unspecified atom stereocenters. The van der Waals surface area contributed by atoms with Crippen LogP contribution in [0.5, 0.6) is 0 Å². The average molecular weight is 220 g/mol. The quantitative estimate of drug-likeness (QED) is 0.831. The molecule has 2 rings (SSSR count). The van der Waals surface area contributed by atoms with Crippen LogP contribution in [-0.2, 0) is 20.2 Å². The number of aromatic nitrogens is 4. The second-order valence-corrected chi connectivity index (χ2v) is 3.96. The van der Waals surface area contributed by atoms with Crippen molar-refractivity contribution in [3.05, 3.63) is 35.2 Å². The van der Waals surface area contributed by atoms with Crippen LogP contribution in [0.3, 0.4) is 0 Å². The molecule has 2 heterocycles. The van der Waals surface area contributed by atoms with E-state index in [9.17, 15) is 5.11 Å². The maximum Gasteiger partial charge on any atom is 0.0946 e. The van der Waals surface area contributed by atoms with Crippen LogP contribution in [0.25, 0.3) is 0 Å². The summed E-state index contributed by atoms with van der Waals surface area (Å²) in [6, 6.07) is 0. The van der Waals surface area contributed by atoms with Gasteiger partial charge < -0.3 is 9.67 Å². The Morgan fingerprint density at radius 1 is 1.38 bits per heavy atom. The largest absolute Gasteiger partial charge is 0.392 e. The van der Waals surface area contributed by atoms with Crippen LogP contribution in [0.2, 0.25) is 0 Å². The van der Waals surface area contributed by atoms with Crippen LogP contribution >= 0.6 is 0 Å². The molecule has 0 spiro atoms. The fraction of sp³-hybridized carbons (Fsp3) is 0.455. The Morgan fingerprint density at radius 2 is 2.12 bits per heavy atom. The summed E-state index contributed by atoms with van der Waals surface area (Å²) >= 11 is 0.